The fourth-order valence-electron chi connectivity index (χ4n) is 0.458. The van der Waals surface area contributed by atoms with E-state index in [0.717, 1.165) is 0 Å². The van der Waals surface area contributed by atoms with Gasteiger partial charge in [0.15, 0.2) is 0 Å². The highest BCUT2D eigenvalue weighted by molar-refractivity contribution is 4.57. The zero-order chi connectivity index (χ0) is 7.28. The van der Waals surface area contributed by atoms with Gasteiger partial charge in [-0.15, -0.1) is 0 Å². The number of nitrogens with one attached hydrogen (secondary N) is 1. The van der Waals surface area contributed by atoms with E-state index in [1.165, 1.54) is 0 Å². The van der Waals surface area contributed by atoms with Crippen LogP contribution in [-0.2, 0) is 0 Å². The van der Waals surface area contributed by atoms with Crippen molar-refractivity contribution in [3.63, 3.8) is 0 Å². The van der Waals surface area contributed by atoms with Crippen molar-refractivity contribution in [3.05, 3.63) is 0 Å². The van der Waals surface area contributed by atoms with Crippen molar-refractivity contribution < 1.29 is 15.6 Å². The summed E-state index contributed by atoms with van der Waals surface area (Å²) >= 11 is 0. The normalized spacial score (nSPS) is 14.3. The molecule has 1 atom stereocenters. The minimum atomic E-state index is -0.292. The summed E-state index contributed by atoms with van der Waals surface area (Å²) in [6.45, 7) is 1.81. The second kappa shape index (κ2) is 4.66. The summed E-state index contributed by atoms with van der Waals surface area (Å²) in [6.07, 6.45) is 0.633. The highest BCUT2D eigenvalue weighted by Gasteiger charge is 2.06. The molecule has 0 rings (SSSR count). The standard InChI is InChI=1S/C4H12N2O3/c1-2-4(5-7)3-6(8)9/h4-5,7-9H,2-3H2,1H3. The number of nitrogens with zero attached hydrogens (tertiary/aromatic N) is 1. The van der Waals surface area contributed by atoms with Gasteiger partial charge in [0.1, 0.15) is 0 Å². The van der Waals surface area contributed by atoms with E-state index >= 15 is 0 Å². The van der Waals surface area contributed by atoms with Crippen LogP contribution in [-0.4, -0.2) is 33.4 Å². The van der Waals surface area contributed by atoms with Crippen LogP contribution < -0.4 is 5.48 Å². The highest BCUT2D eigenvalue weighted by Crippen LogP contribution is 1.89. The lowest BCUT2D eigenvalue weighted by Crippen LogP contribution is -2.36. The summed E-state index contributed by atoms with van der Waals surface area (Å²) < 4.78 is 0. The molecule has 56 valence electrons. The van der Waals surface area contributed by atoms with Gasteiger partial charge >= 0.3 is 0 Å². The quantitative estimate of drug-likeness (QED) is 0.403. The summed E-state index contributed by atoms with van der Waals surface area (Å²) in [5, 5.41) is 24.8. The molecule has 0 aromatic carbocycles. The molecule has 0 spiro atoms. The Balaban J connectivity index is 3.31. The smallest absolute Gasteiger partial charge is 0.0689 e. The maximum absolute atomic E-state index is 8.28. The molecule has 0 aromatic rings. The molecule has 5 heteroatoms. The van der Waals surface area contributed by atoms with Gasteiger partial charge in [-0.3, -0.25) is 10.4 Å². The van der Waals surface area contributed by atoms with Crippen LogP contribution >= 0.6 is 0 Å². The third-order valence-electron chi connectivity index (χ3n) is 1.06. The Morgan fingerprint density at radius 2 is 2.11 bits per heavy atom. The highest BCUT2D eigenvalue weighted by atomic mass is 16.8. The van der Waals surface area contributed by atoms with E-state index in [4.69, 9.17) is 15.6 Å². The molecule has 0 aliphatic rings. The van der Waals surface area contributed by atoms with E-state index in [1.807, 2.05) is 12.4 Å². The van der Waals surface area contributed by atoms with Crippen molar-refractivity contribution >= 4 is 0 Å². The van der Waals surface area contributed by atoms with Crippen LogP contribution in [0.25, 0.3) is 0 Å². The molecule has 0 amide bonds. The molecule has 0 aliphatic heterocycles. The van der Waals surface area contributed by atoms with Crippen molar-refractivity contribution in [1.29, 1.82) is 0 Å². The van der Waals surface area contributed by atoms with Crippen LogP contribution in [0.3, 0.4) is 0 Å². The first kappa shape index (κ1) is 8.80. The number of rotatable bonds is 4. The monoisotopic (exact) mass is 136 g/mol. The molecule has 0 bridgehead atoms. The molecular formula is C4H12N2O3. The van der Waals surface area contributed by atoms with Crippen LogP contribution in [0.2, 0.25) is 0 Å². The molecular weight excluding hydrogens is 124 g/mol. The second-order valence-corrected chi connectivity index (χ2v) is 1.79. The first-order chi connectivity index (χ1) is 4.20. The van der Waals surface area contributed by atoms with Gasteiger partial charge in [0.25, 0.3) is 0 Å². The Hall–Kier alpha value is -0.200. The van der Waals surface area contributed by atoms with E-state index < -0.39 is 0 Å². The van der Waals surface area contributed by atoms with E-state index in [2.05, 4.69) is 0 Å². The van der Waals surface area contributed by atoms with Crippen LogP contribution in [0, 0.1) is 0 Å². The van der Waals surface area contributed by atoms with Crippen LogP contribution in [0.15, 0.2) is 0 Å². The lowest BCUT2D eigenvalue weighted by atomic mass is 10.2. The number of hydrogen-bond acceptors (Lipinski definition) is 5. The summed E-state index contributed by atoms with van der Waals surface area (Å²) in [7, 11) is 0. The van der Waals surface area contributed by atoms with E-state index in [-0.39, 0.29) is 17.8 Å². The lowest BCUT2D eigenvalue weighted by molar-refractivity contribution is -0.311. The summed E-state index contributed by atoms with van der Waals surface area (Å²) in [4.78, 5) is 0. The Kier molecular flexibility index (Phi) is 4.55. The molecule has 9 heavy (non-hydrogen) atoms. The first-order valence-electron chi connectivity index (χ1n) is 2.75. The van der Waals surface area contributed by atoms with Gasteiger partial charge in [0, 0.05) is 6.04 Å². The SMILES string of the molecule is CCC(CN(O)O)NO. The Labute approximate surface area is 53.4 Å². The van der Waals surface area contributed by atoms with Crippen molar-refractivity contribution in [3.8, 4) is 0 Å². The topological polar surface area (TPSA) is 76.0 Å². The van der Waals surface area contributed by atoms with Gasteiger partial charge in [-0.2, -0.15) is 0 Å². The number of hydrogen-bond donors (Lipinski definition) is 4. The minimum absolute atomic E-state index is 0.00694. The van der Waals surface area contributed by atoms with Crippen molar-refractivity contribution in [2.75, 3.05) is 6.54 Å². The predicted molar refractivity (Wildman–Crippen MR) is 29.3 cm³/mol. The third kappa shape index (κ3) is 4.31. The molecule has 0 aromatic heterocycles. The van der Waals surface area contributed by atoms with Gasteiger partial charge < -0.3 is 5.21 Å². The lowest BCUT2D eigenvalue weighted by Gasteiger charge is -2.13. The molecule has 4 N–H and O–H groups in total. The molecule has 5 nitrogen and oxygen atoms in total. The van der Waals surface area contributed by atoms with Gasteiger partial charge in [0.05, 0.1) is 6.54 Å². The van der Waals surface area contributed by atoms with Crippen LogP contribution in [0.4, 0.5) is 0 Å². The Morgan fingerprint density at radius 1 is 1.56 bits per heavy atom. The van der Waals surface area contributed by atoms with Crippen molar-refractivity contribution in [2.24, 2.45) is 0 Å². The fourth-order valence-corrected chi connectivity index (χ4v) is 0.458. The maximum Gasteiger partial charge on any atom is 0.0689 e. The Morgan fingerprint density at radius 3 is 2.22 bits per heavy atom. The zero-order valence-corrected chi connectivity index (χ0v) is 5.28. The fraction of sp³-hybridized carbons (Fsp3) is 1.00. The van der Waals surface area contributed by atoms with Crippen molar-refractivity contribution in [2.45, 2.75) is 19.4 Å². The Bertz CT molecular complexity index is 64.8. The molecule has 0 fully saturated rings. The van der Waals surface area contributed by atoms with Crippen LogP contribution in [0.5, 0.6) is 0 Å². The summed E-state index contributed by atoms with van der Waals surface area (Å²) in [5.41, 5.74) is 1.92. The van der Waals surface area contributed by atoms with Crippen LogP contribution in [0.1, 0.15) is 13.3 Å². The van der Waals surface area contributed by atoms with E-state index in [0.29, 0.717) is 6.42 Å². The van der Waals surface area contributed by atoms with Gasteiger partial charge in [0.2, 0.25) is 0 Å². The average Bonchev–Trinajstić information content (AvgIpc) is 1.82. The average molecular weight is 136 g/mol. The second-order valence-electron chi connectivity index (χ2n) is 1.79. The summed E-state index contributed by atoms with van der Waals surface area (Å²) in [5.74, 6) is 0. The van der Waals surface area contributed by atoms with E-state index in [9.17, 15) is 0 Å². The molecule has 0 saturated carbocycles. The van der Waals surface area contributed by atoms with Gasteiger partial charge in [-0.25, -0.2) is 5.48 Å². The molecule has 0 saturated heterocycles. The minimum Gasteiger partial charge on any atom is -0.316 e. The van der Waals surface area contributed by atoms with Gasteiger partial charge in [-0.1, -0.05) is 12.2 Å². The predicted octanol–water partition coefficient (Wildman–Crippen LogP) is -0.176. The summed E-state index contributed by atoms with van der Waals surface area (Å²) in [6, 6.07) is -0.292. The third-order valence-corrected chi connectivity index (χ3v) is 1.06. The largest absolute Gasteiger partial charge is 0.316 e. The zero-order valence-electron chi connectivity index (χ0n) is 5.28. The van der Waals surface area contributed by atoms with Crippen molar-refractivity contribution in [1.82, 2.24) is 10.7 Å². The maximum atomic E-state index is 8.28. The molecule has 0 radical (unpaired) electrons. The number of hydroxylamine groups is 3. The first-order valence-corrected chi connectivity index (χ1v) is 2.75. The van der Waals surface area contributed by atoms with E-state index in [1.54, 1.807) is 0 Å². The molecule has 0 aliphatic carbocycles. The molecule has 1 unspecified atom stereocenters. The molecule has 0 heterocycles. The van der Waals surface area contributed by atoms with Gasteiger partial charge in [-0.05, 0) is 6.42 Å².